The first-order chi connectivity index (χ1) is 11.1. The SMILES string of the molecule is Cc1nn(-c2ccccc2F)c2c1C(=O)CC(c1cccs1)C2. The molecule has 1 atom stereocenters. The summed E-state index contributed by atoms with van der Waals surface area (Å²) in [7, 11) is 0. The van der Waals surface area contributed by atoms with Gasteiger partial charge in [0, 0.05) is 17.2 Å². The molecule has 0 radical (unpaired) electrons. The summed E-state index contributed by atoms with van der Waals surface area (Å²) in [5.41, 5.74) is 2.57. The summed E-state index contributed by atoms with van der Waals surface area (Å²) in [6, 6.07) is 10.6. The van der Waals surface area contributed by atoms with Crippen LogP contribution in [0, 0.1) is 12.7 Å². The molecule has 0 bridgehead atoms. The van der Waals surface area contributed by atoms with E-state index in [1.807, 2.05) is 18.4 Å². The van der Waals surface area contributed by atoms with E-state index in [9.17, 15) is 9.18 Å². The smallest absolute Gasteiger partial charge is 0.167 e. The minimum absolute atomic E-state index is 0.102. The number of benzene rings is 1. The molecule has 0 aliphatic heterocycles. The molecule has 1 unspecified atom stereocenters. The van der Waals surface area contributed by atoms with Gasteiger partial charge in [0.25, 0.3) is 0 Å². The fourth-order valence-electron chi connectivity index (χ4n) is 3.31. The van der Waals surface area contributed by atoms with Gasteiger partial charge in [-0.25, -0.2) is 9.07 Å². The zero-order valence-electron chi connectivity index (χ0n) is 12.6. The number of para-hydroxylation sites is 1. The molecule has 4 rings (SSSR count). The van der Waals surface area contributed by atoms with Gasteiger partial charge in [0.15, 0.2) is 5.78 Å². The number of thiophene rings is 1. The third-order valence-electron chi connectivity index (χ3n) is 4.33. The third-order valence-corrected chi connectivity index (χ3v) is 5.37. The van der Waals surface area contributed by atoms with Crippen LogP contribution >= 0.6 is 11.3 Å². The molecular weight excluding hydrogens is 311 g/mol. The Bertz CT molecular complexity index is 883. The van der Waals surface area contributed by atoms with Crippen LogP contribution in [0.3, 0.4) is 0 Å². The van der Waals surface area contributed by atoms with Gasteiger partial charge in [-0.05, 0) is 36.9 Å². The van der Waals surface area contributed by atoms with E-state index in [0.717, 1.165) is 5.69 Å². The van der Waals surface area contributed by atoms with Crippen molar-refractivity contribution in [2.24, 2.45) is 0 Å². The molecule has 23 heavy (non-hydrogen) atoms. The monoisotopic (exact) mass is 326 g/mol. The van der Waals surface area contributed by atoms with Crippen LogP contribution in [0.15, 0.2) is 41.8 Å². The van der Waals surface area contributed by atoms with Crippen molar-refractivity contribution < 1.29 is 9.18 Å². The summed E-state index contributed by atoms with van der Waals surface area (Å²) >= 11 is 1.66. The number of hydrogen-bond donors (Lipinski definition) is 0. The molecule has 3 aromatic rings. The number of Topliss-reactive ketones (excluding diaryl/α,β-unsaturated/α-hetero) is 1. The Morgan fingerprint density at radius 1 is 1.22 bits per heavy atom. The van der Waals surface area contributed by atoms with Gasteiger partial charge in [-0.3, -0.25) is 4.79 Å². The van der Waals surface area contributed by atoms with Gasteiger partial charge in [-0.2, -0.15) is 5.10 Å². The fraction of sp³-hybridized carbons (Fsp3) is 0.222. The molecule has 1 aliphatic rings. The largest absolute Gasteiger partial charge is 0.294 e. The van der Waals surface area contributed by atoms with E-state index in [1.54, 1.807) is 34.2 Å². The maximum atomic E-state index is 14.2. The molecule has 0 saturated heterocycles. The van der Waals surface area contributed by atoms with E-state index in [1.165, 1.54) is 10.9 Å². The molecule has 2 aromatic heterocycles. The van der Waals surface area contributed by atoms with Crippen LogP contribution in [0.4, 0.5) is 4.39 Å². The molecule has 1 aliphatic carbocycles. The fourth-order valence-corrected chi connectivity index (χ4v) is 4.14. The van der Waals surface area contributed by atoms with Crippen molar-refractivity contribution in [2.45, 2.75) is 25.7 Å². The Morgan fingerprint density at radius 2 is 2.04 bits per heavy atom. The van der Waals surface area contributed by atoms with Gasteiger partial charge in [0.05, 0.1) is 17.0 Å². The van der Waals surface area contributed by atoms with Crippen molar-refractivity contribution >= 4 is 17.1 Å². The second kappa shape index (κ2) is 5.42. The van der Waals surface area contributed by atoms with Gasteiger partial charge in [0.1, 0.15) is 11.5 Å². The Labute approximate surface area is 137 Å². The Balaban J connectivity index is 1.85. The highest BCUT2D eigenvalue weighted by Crippen LogP contribution is 2.37. The number of fused-ring (bicyclic) bond motifs is 1. The van der Waals surface area contributed by atoms with E-state index in [2.05, 4.69) is 11.2 Å². The van der Waals surface area contributed by atoms with Gasteiger partial charge in [0.2, 0.25) is 0 Å². The molecule has 0 N–H and O–H groups in total. The molecule has 0 amide bonds. The highest BCUT2D eigenvalue weighted by atomic mass is 32.1. The molecule has 116 valence electrons. The molecule has 5 heteroatoms. The summed E-state index contributed by atoms with van der Waals surface area (Å²) in [4.78, 5) is 13.8. The van der Waals surface area contributed by atoms with E-state index >= 15 is 0 Å². The maximum absolute atomic E-state index is 14.2. The standard InChI is InChI=1S/C18H15FN2OS/c1-11-18-15(21(20-11)14-6-3-2-5-13(14)19)9-12(10-16(18)22)17-7-4-8-23-17/h2-8,12H,9-10H2,1H3. The van der Waals surface area contributed by atoms with Crippen LogP contribution in [0.2, 0.25) is 0 Å². The predicted molar refractivity (Wildman–Crippen MR) is 88.0 cm³/mol. The van der Waals surface area contributed by atoms with Gasteiger partial charge >= 0.3 is 0 Å². The molecule has 0 spiro atoms. The van der Waals surface area contributed by atoms with E-state index < -0.39 is 0 Å². The summed E-state index contributed by atoms with van der Waals surface area (Å²) in [5.74, 6) is -0.0788. The van der Waals surface area contributed by atoms with Crippen molar-refractivity contribution in [3.05, 3.63) is 69.4 Å². The lowest BCUT2D eigenvalue weighted by molar-refractivity contribution is 0.0963. The number of nitrogens with zero attached hydrogens (tertiary/aromatic N) is 2. The van der Waals surface area contributed by atoms with Crippen molar-refractivity contribution in [3.8, 4) is 5.69 Å². The predicted octanol–water partition coefficient (Wildman–Crippen LogP) is 4.29. The second-order valence-electron chi connectivity index (χ2n) is 5.81. The van der Waals surface area contributed by atoms with E-state index in [4.69, 9.17) is 0 Å². The number of carbonyl (C=O) groups is 1. The van der Waals surface area contributed by atoms with Crippen LogP contribution in [-0.2, 0) is 6.42 Å². The number of hydrogen-bond acceptors (Lipinski definition) is 3. The molecular formula is C18H15FN2OS. The molecule has 1 aromatic carbocycles. The van der Waals surface area contributed by atoms with Crippen molar-refractivity contribution in [3.63, 3.8) is 0 Å². The quantitative estimate of drug-likeness (QED) is 0.704. The molecule has 0 saturated carbocycles. The Morgan fingerprint density at radius 3 is 2.78 bits per heavy atom. The maximum Gasteiger partial charge on any atom is 0.167 e. The van der Waals surface area contributed by atoms with Crippen molar-refractivity contribution in [1.29, 1.82) is 0 Å². The van der Waals surface area contributed by atoms with Crippen LogP contribution in [0.1, 0.15) is 39.0 Å². The van der Waals surface area contributed by atoms with Crippen LogP contribution in [-0.4, -0.2) is 15.6 Å². The highest BCUT2D eigenvalue weighted by Gasteiger charge is 2.32. The third kappa shape index (κ3) is 2.32. The highest BCUT2D eigenvalue weighted by molar-refractivity contribution is 7.10. The van der Waals surface area contributed by atoms with Gasteiger partial charge < -0.3 is 0 Å². The lowest BCUT2D eigenvalue weighted by atomic mass is 9.85. The van der Waals surface area contributed by atoms with Crippen LogP contribution < -0.4 is 0 Å². The van der Waals surface area contributed by atoms with Gasteiger partial charge in [-0.1, -0.05) is 18.2 Å². The first-order valence-corrected chi connectivity index (χ1v) is 8.43. The van der Waals surface area contributed by atoms with E-state index in [0.29, 0.717) is 29.8 Å². The summed E-state index contributed by atoms with van der Waals surface area (Å²) in [6.45, 7) is 1.82. The average Bonchev–Trinajstić information content (AvgIpc) is 3.16. The summed E-state index contributed by atoms with van der Waals surface area (Å²) in [5, 5.41) is 6.47. The molecule has 3 nitrogen and oxygen atoms in total. The number of halogens is 1. The zero-order chi connectivity index (χ0) is 16.0. The van der Waals surface area contributed by atoms with Crippen molar-refractivity contribution in [1.82, 2.24) is 9.78 Å². The second-order valence-corrected chi connectivity index (χ2v) is 6.79. The van der Waals surface area contributed by atoms with Crippen LogP contribution in [0.5, 0.6) is 0 Å². The average molecular weight is 326 g/mol. The minimum Gasteiger partial charge on any atom is -0.294 e. The lowest BCUT2D eigenvalue weighted by Crippen LogP contribution is -2.20. The first-order valence-electron chi connectivity index (χ1n) is 7.55. The number of ketones is 1. The number of aryl methyl sites for hydroxylation is 1. The Hall–Kier alpha value is -2.27. The summed E-state index contributed by atoms with van der Waals surface area (Å²) < 4.78 is 15.8. The number of rotatable bonds is 2. The summed E-state index contributed by atoms with van der Waals surface area (Å²) in [6.07, 6.45) is 1.20. The van der Waals surface area contributed by atoms with E-state index in [-0.39, 0.29) is 17.5 Å². The van der Waals surface area contributed by atoms with Gasteiger partial charge in [-0.15, -0.1) is 11.3 Å². The van der Waals surface area contributed by atoms with Crippen molar-refractivity contribution in [2.75, 3.05) is 0 Å². The number of aromatic nitrogens is 2. The number of carbonyl (C=O) groups excluding carboxylic acids is 1. The Kier molecular flexibility index (Phi) is 3.38. The minimum atomic E-state index is -0.330. The lowest BCUT2D eigenvalue weighted by Gasteiger charge is -2.22. The normalized spacial score (nSPS) is 17.3. The first kappa shape index (κ1) is 14.3. The van der Waals surface area contributed by atoms with Crippen LogP contribution in [0.25, 0.3) is 5.69 Å². The topological polar surface area (TPSA) is 34.9 Å². The molecule has 2 heterocycles. The zero-order valence-corrected chi connectivity index (χ0v) is 13.4. The molecule has 0 fully saturated rings.